The fourth-order valence-corrected chi connectivity index (χ4v) is 1.97. The highest BCUT2D eigenvalue weighted by atomic mass is 32.2. The first-order chi connectivity index (χ1) is 7.86. The van der Waals surface area contributed by atoms with E-state index in [2.05, 4.69) is 18.6 Å². The van der Waals surface area contributed by atoms with Crippen LogP contribution in [-0.2, 0) is 10.2 Å². The van der Waals surface area contributed by atoms with Crippen molar-refractivity contribution in [1.82, 2.24) is 4.31 Å². The second kappa shape index (κ2) is 5.51. The van der Waals surface area contributed by atoms with E-state index in [0.29, 0.717) is 11.6 Å². The van der Waals surface area contributed by atoms with Gasteiger partial charge in [0.15, 0.2) is 0 Å². The predicted molar refractivity (Wildman–Crippen MR) is 71.4 cm³/mol. The lowest BCUT2D eigenvalue weighted by atomic mass is 9.99. The number of nitrogens with one attached hydrogen (secondary N) is 1. The van der Waals surface area contributed by atoms with Crippen molar-refractivity contribution in [3.63, 3.8) is 0 Å². The maximum Gasteiger partial charge on any atom is 0.301 e. The molecule has 0 radical (unpaired) electrons. The highest BCUT2D eigenvalue weighted by Gasteiger charge is 2.12. The number of anilines is 1. The minimum absolute atomic E-state index is 0.495. The molecule has 0 amide bonds. The largest absolute Gasteiger partial charge is 0.301 e. The van der Waals surface area contributed by atoms with Crippen LogP contribution in [0.3, 0.4) is 0 Å². The number of benzene rings is 1. The molecule has 0 spiro atoms. The number of nitrogens with zero attached hydrogens (tertiary/aromatic N) is 1. The number of hydrogen-bond donors (Lipinski definition) is 1. The topological polar surface area (TPSA) is 49.4 Å². The molecule has 0 aliphatic heterocycles. The van der Waals surface area contributed by atoms with Gasteiger partial charge in [0.05, 0.1) is 0 Å². The summed E-state index contributed by atoms with van der Waals surface area (Å²) in [5, 5.41) is 0. The molecule has 0 fully saturated rings. The molecule has 5 heteroatoms. The van der Waals surface area contributed by atoms with Gasteiger partial charge in [-0.1, -0.05) is 26.0 Å². The SMILES string of the molecule is CCC(C)c1ccc(NS(=O)(=O)N(C)C)cc1. The van der Waals surface area contributed by atoms with Gasteiger partial charge in [0.25, 0.3) is 0 Å². The Kier molecular flexibility index (Phi) is 4.54. The van der Waals surface area contributed by atoms with Gasteiger partial charge >= 0.3 is 10.2 Å². The molecule has 0 bridgehead atoms. The molecular formula is C12H20N2O2S. The lowest BCUT2D eigenvalue weighted by Crippen LogP contribution is -2.28. The van der Waals surface area contributed by atoms with Crippen molar-refractivity contribution in [2.24, 2.45) is 0 Å². The van der Waals surface area contributed by atoms with Gasteiger partial charge in [-0.2, -0.15) is 12.7 Å². The molecule has 0 saturated heterocycles. The molecule has 0 aliphatic rings. The van der Waals surface area contributed by atoms with E-state index in [1.807, 2.05) is 12.1 Å². The highest BCUT2D eigenvalue weighted by Crippen LogP contribution is 2.21. The van der Waals surface area contributed by atoms with Crippen LogP contribution in [0.25, 0.3) is 0 Å². The van der Waals surface area contributed by atoms with Crippen molar-refractivity contribution in [2.45, 2.75) is 26.2 Å². The second-order valence-electron chi connectivity index (χ2n) is 4.32. The van der Waals surface area contributed by atoms with E-state index in [9.17, 15) is 8.42 Å². The van der Waals surface area contributed by atoms with Gasteiger partial charge < -0.3 is 0 Å². The molecule has 1 N–H and O–H groups in total. The summed E-state index contributed by atoms with van der Waals surface area (Å²) in [7, 11) is -0.415. The summed E-state index contributed by atoms with van der Waals surface area (Å²) in [6.45, 7) is 4.28. The Labute approximate surface area is 104 Å². The Hall–Kier alpha value is -1.07. The third kappa shape index (κ3) is 3.71. The Balaban J connectivity index is 2.83. The quantitative estimate of drug-likeness (QED) is 0.879. The van der Waals surface area contributed by atoms with Crippen LogP contribution < -0.4 is 4.72 Å². The van der Waals surface area contributed by atoms with Gasteiger partial charge in [0.2, 0.25) is 0 Å². The number of rotatable bonds is 5. The van der Waals surface area contributed by atoms with Gasteiger partial charge in [-0.05, 0) is 30.0 Å². The summed E-state index contributed by atoms with van der Waals surface area (Å²) in [6, 6.07) is 7.51. The van der Waals surface area contributed by atoms with Crippen molar-refractivity contribution in [1.29, 1.82) is 0 Å². The van der Waals surface area contributed by atoms with Crippen molar-refractivity contribution in [3.8, 4) is 0 Å². The van der Waals surface area contributed by atoms with E-state index >= 15 is 0 Å². The monoisotopic (exact) mass is 256 g/mol. The fourth-order valence-electron chi connectivity index (χ4n) is 1.36. The normalized spacial score (nSPS) is 13.7. The maximum absolute atomic E-state index is 11.6. The van der Waals surface area contributed by atoms with Crippen LogP contribution in [0.4, 0.5) is 5.69 Å². The van der Waals surface area contributed by atoms with E-state index in [1.54, 1.807) is 12.1 Å². The molecule has 0 aliphatic carbocycles. The first kappa shape index (κ1) is 14.0. The summed E-state index contributed by atoms with van der Waals surface area (Å²) >= 11 is 0. The first-order valence-corrected chi connectivity index (χ1v) is 7.11. The standard InChI is InChI=1S/C12H20N2O2S/c1-5-10(2)11-6-8-12(9-7-11)13-17(15,16)14(3)4/h6-10,13H,5H2,1-4H3. The molecule has 1 aromatic carbocycles. The van der Waals surface area contributed by atoms with Crippen LogP contribution in [0.5, 0.6) is 0 Å². The minimum Gasteiger partial charge on any atom is -0.271 e. The zero-order chi connectivity index (χ0) is 13.1. The molecule has 1 atom stereocenters. The van der Waals surface area contributed by atoms with Crippen LogP contribution in [-0.4, -0.2) is 26.8 Å². The molecule has 0 saturated carbocycles. The molecule has 1 rings (SSSR count). The lowest BCUT2D eigenvalue weighted by Gasteiger charge is -2.14. The van der Waals surface area contributed by atoms with Crippen LogP contribution in [0.15, 0.2) is 24.3 Å². The molecule has 96 valence electrons. The Morgan fingerprint density at radius 2 is 1.76 bits per heavy atom. The molecule has 1 unspecified atom stereocenters. The molecular weight excluding hydrogens is 236 g/mol. The highest BCUT2D eigenvalue weighted by molar-refractivity contribution is 7.90. The van der Waals surface area contributed by atoms with Crippen LogP contribution in [0.1, 0.15) is 31.7 Å². The molecule has 17 heavy (non-hydrogen) atoms. The van der Waals surface area contributed by atoms with Crippen molar-refractivity contribution in [2.75, 3.05) is 18.8 Å². The molecule has 0 aromatic heterocycles. The van der Waals surface area contributed by atoms with Gasteiger partial charge in [-0.3, -0.25) is 4.72 Å². The average Bonchev–Trinajstić information content (AvgIpc) is 2.28. The van der Waals surface area contributed by atoms with E-state index < -0.39 is 10.2 Å². The van der Waals surface area contributed by atoms with Crippen molar-refractivity contribution < 1.29 is 8.42 Å². The first-order valence-electron chi connectivity index (χ1n) is 5.67. The van der Waals surface area contributed by atoms with Crippen LogP contribution >= 0.6 is 0 Å². The van der Waals surface area contributed by atoms with E-state index in [0.717, 1.165) is 10.7 Å². The molecule has 1 aromatic rings. The number of hydrogen-bond acceptors (Lipinski definition) is 2. The van der Waals surface area contributed by atoms with E-state index in [4.69, 9.17) is 0 Å². The summed E-state index contributed by atoms with van der Waals surface area (Å²) in [5.74, 6) is 0.495. The summed E-state index contributed by atoms with van der Waals surface area (Å²) in [6.07, 6.45) is 1.07. The van der Waals surface area contributed by atoms with Crippen LogP contribution in [0.2, 0.25) is 0 Å². The third-order valence-corrected chi connectivity index (χ3v) is 4.27. The minimum atomic E-state index is -3.41. The van der Waals surface area contributed by atoms with Gasteiger partial charge in [-0.15, -0.1) is 0 Å². The Bertz CT molecular complexity index is 452. The zero-order valence-electron chi connectivity index (χ0n) is 10.8. The van der Waals surface area contributed by atoms with E-state index in [1.165, 1.54) is 19.7 Å². The zero-order valence-corrected chi connectivity index (χ0v) is 11.6. The maximum atomic E-state index is 11.6. The average molecular weight is 256 g/mol. The van der Waals surface area contributed by atoms with Gasteiger partial charge in [0, 0.05) is 19.8 Å². The Morgan fingerprint density at radius 1 is 1.24 bits per heavy atom. The predicted octanol–water partition coefficient (Wildman–Crippen LogP) is 2.42. The summed E-state index contributed by atoms with van der Waals surface area (Å²) in [5.41, 5.74) is 1.81. The smallest absolute Gasteiger partial charge is 0.271 e. The second-order valence-corrected chi connectivity index (χ2v) is 6.21. The Morgan fingerprint density at radius 3 is 2.18 bits per heavy atom. The van der Waals surface area contributed by atoms with Gasteiger partial charge in [0.1, 0.15) is 0 Å². The van der Waals surface area contributed by atoms with E-state index in [-0.39, 0.29) is 0 Å². The third-order valence-electron chi connectivity index (χ3n) is 2.82. The lowest BCUT2D eigenvalue weighted by molar-refractivity contribution is 0.527. The summed E-state index contributed by atoms with van der Waals surface area (Å²) in [4.78, 5) is 0. The van der Waals surface area contributed by atoms with Crippen LogP contribution in [0, 0.1) is 0 Å². The van der Waals surface area contributed by atoms with Gasteiger partial charge in [-0.25, -0.2) is 0 Å². The molecule has 4 nitrogen and oxygen atoms in total. The van der Waals surface area contributed by atoms with Crippen molar-refractivity contribution >= 4 is 15.9 Å². The molecule has 0 heterocycles. The summed E-state index contributed by atoms with van der Waals surface area (Å²) < 4.78 is 26.8. The van der Waals surface area contributed by atoms with Crippen molar-refractivity contribution in [3.05, 3.63) is 29.8 Å². The fraction of sp³-hybridized carbons (Fsp3) is 0.500.